The molecule has 2 aromatic heterocycles. The van der Waals surface area contributed by atoms with E-state index < -0.39 is 11.9 Å². The van der Waals surface area contributed by atoms with E-state index in [-0.39, 0.29) is 17.0 Å². The number of pyridine rings is 1. The Morgan fingerprint density at radius 3 is 2.63 bits per heavy atom. The molecule has 27 heavy (non-hydrogen) atoms. The van der Waals surface area contributed by atoms with Gasteiger partial charge in [-0.15, -0.1) is 0 Å². The van der Waals surface area contributed by atoms with Crippen LogP contribution in [-0.4, -0.2) is 47.3 Å². The molecule has 3 heterocycles. The van der Waals surface area contributed by atoms with Crippen LogP contribution in [0.3, 0.4) is 0 Å². The number of hydrogen-bond acceptors (Lipinski definition) is 3. The summed E-state index contributed by atoms with van der Waals surface area (Å²) in [5.74, 6) is 0. The van der Waals surface area contributed by atoms with E-state index in [1.54, 1.807) is 16.7 Å². The lowest BCUT2D eigenvalue weighted by atomic mass is 10.1. The molecule has 1 aromatic carbocycles. The highest BCUT2D eigenvalue weighted by Crippen LogP contribution is 2.39. The van der Waals surface area contributed by atoms with Crippen LogP contribution in [0.4, 0.5) is 13.2 Å². The Balaban J connectivity index is 1.94. The lowest BCUT2D eigenvalue weighted by Crippen LogP contribution is -2.39. The molecule has 5 nitrogen and oxygen atoms in total. The van der Waals surface area contributed by atoms with Gasteiger partial charge in [-0.3, -0.25) is 9.69 Å². The van der Waals surface area contributed by atoms with E-state index in [4.69, 9.17) is 4.74 Å². The van der Waals surface area contributed by atoms with Gasteiger partial charge in [0.25, 0.3) is 0 Å². The van der Waals surface area contributed by atoms with Crippen LogP contribution >= 0.6 is 0 Å². The van der Waals surface area contributed by atoms with Crippen LogP contribution in [-0.2, 0) is 10.9 Å². The van der Waals surface area contributed by atoms with Gasteiger partial charge in [-0.25, -0.2) is 0 Å². The molecule has 1 aliphatic rings. The molecule has 144 valence electrons. The van der Waals surface area contributed by atoms with E-state index in [1.807, 2.05) is 6.92 Å². The summed E-state index contributed by atoms with van der Waals surface area (Å²) in [6.07, 6.45) is -3.22. The van der Waals surface area contributed by atoms with Crippen molar-refractivity contribution in [2.75, 3.05) is 32.8 Å². The molecule has 1 unspecified atom stereocenters. The van der Waals surface area contributed by atoms with Crippen molar-refractivity contribution in [1.29, 1.82) is 0 Å². The van der Waals surface area contributed by atoms with Crippen LogP contribution in [0.5, 0.6) is 0 Å². The SMILES string of the molecule is CC(CN1CCOCC1)n1c2cc(=O)ccc2c2cc[nH]c(C(F)(F)F)c21. The van der Waals surface area contributed by atoms with Crippen molar-refractivity contribution in [3.63, 3.8) is 0 Å². The predicted octanol–water partition coefficient (Wildman–Crippen LogP) is 3.39. The van der Waals surface area contributed by atoms with E-state index >= 15 is 0 Å². The smallest absolute Gasteiger partial charge is 0.379 e. The summed E-state index contributed by atoms with van der Waals surface area (Å²) < 4.78 is 48.1. The maximum atomic E-state index is 13.7. The number of morpholine rings is 1. The Morgan fingerprint density at radius 2 is 1.93 bits per heavy atom. The minimum absolute atomic E-state index is 0.0892. The average Bonchev–Trinajstić information content (AvgIpc) is 2.95. The van der Waals surface area contributed by atoms with E-state index in [9.17, 15) is 18.0 Å². The lowest BCUT2D eigenvalue weighted by molar-refractivity contribution is -0.140. The molecular formula is C19H20F3N3O2. The first kappa shape index (κ1) is 18.1. The molecule has 0 spiro atoms. The number of nitrogens with one attached hydrogen (secondary N) is 1. The number of H-pyrrole nitrogens is 1. The monoisotopic (exact) mass is 379 g/mol. The van der Waals surface area contributed by atoms with Gasteiger partial charge in [0.05, 0.1) is 24.2 Å². The number of nitrogens with zero attached hydrogens (tertiary/aromatic N) is 2. The largest absolute Gasteiger partial charge is 0.433 e. The van der Waals surface area contributed by atoms with Crippen molar-refractivity contribution in [2.24, 2.45) is 0 Å². The Bertz CT molecular complexity index is 1030. The summed E-state index contributed by atoms with van der Waals surface area (Å²) in [6, 6.07) is 5.81. The number of benzene rings is 1. The van der Waals surface area contributed by atoms with E-state index in [0.29, 0.717) is 36.0 Å². The summed E-state index contributed by atoms with van der Waals surface area (Å²) in [5, 5.41) is 1.14. The fourth-order valence-corrected chi connectivity index (χ4v) is 3.93. The second kappa shape index (κ2) is 6.69. The first-order valence-corrected chi connectivity index (χ1v) is 8.89. The van der Waals surface area contributed by atoms with Crippen molar-refractivity contribution in [1.82, 2.24) is 14.5 Å². The lowest BCUT2D eigenvalue weighted by Gasteiger charge is -2.30. The van der Waals surface area contributed by atoms with Gasteiger partial charge in [0.15, 0.2) is 5.43 Å². The molecule has 1 saturated heterocycles. The fourth-order valence-electron chi connectivity index (χ4n) is 3.93. The van der Waals surface area contributed by atoms with Gasteiger partial charge < -0.3 is 14.3 Å². The summed E-state index contributed by atoms with van der Waals surface area (Å²) in [4.78, 5) is 16.5. The molecule has 1 atom stereocenters. The third-order valence-electron chi connectivity index (χ3n) is 5.08. The Labute approximate surface area is 153 Å². The molecule has 0 radical (unpaired) electrons. The number of fused-ring (bicyclic) bond motifs is 3. The zero-order valence-electron chi connectivity index (χ0n) is 14.8. The number of halogens is 3. The minimum Gasteiger partial charge on any atom is -0.379 e. The molecule has 0 amide bonds. The fraction of sp³-hybridized carbons (Fsp3) is 0.421. The highest BCUT2D eigenvalue weighted by molar-refractivity contribution is 6.08. The van der Waals surface area contributed by atoms with E-state index in [0.717, 1.165) is 13.1 Å². The maximum absolute atomic E-state index is 13.7. The van der Waals surface area contributed by atoms with E-state index in [2.05, 4.69) is 9.88 Å². The molecule has 8 heteroatoms. The highest BCUT2D eigenvalue weighted by Gasteiger charge is 2.36. The molecule has 4 rings (SSSR count). The molecule has 0 bridgehead atoms. The third-order valence-corrected chi connectivity index (χ3v) is 5.08. The van der Waals surface area contributed by atoms with Gasteiger partial charge in [0, 0.05) is 48.7 Å². The standard InChI is InChI=1S/C19H20F3N3O2/c1-12(11-24-6-8-27-9-7-24)25-16-10-13(26)2-3-14(16)15-4-5-23-18(17(15)25)19(20,21)22/h2-5,10,12,23H,6-9,11H2,1H3. The van der Waals surface area contributed by atoms with Crippen molar-refractivity contribution in [2.45, 2.75) is 19.1 Å². The number of hydrogen-bond donors (Lipinski definition) is 1. The van der Waals surface area contributed by atoms with E-state index in [1.165, 1.54) is 18.3 Å². The number of rotatable bonds is 3. The summed E-state index contributed by atoms with van der Waals surface area (Å²) in [5.41, 5.74) is -0.394. The highest BCUT2D eigenvalue weighted by atomic mass is 19.4. The molecule has 1 N–H and O–H groups in total. The van der Waals surface area contributed by atoms with Gasteiger partial charge >= 0.3 is 6.18 Å². The zero-order valence-corrected chi connectivity index (χ0v) is 14.8. The molecule has 1 aliphatic heterocycles. The second-order valence-corrected chi connectivity index (χ2v) is 6.92. The minimum atomic E-state index is -4.52. The van der Waals surface area contributed by atoms with Crippen LogP contribution in [0.15, 0.2) is 35.3 Å². The number of alkyl halides is 3. The molecule has 3 aromatic rings. The quantitative estimate of drug-likeness (QED) is 0.759. The van der Waals surface area contributed by atoms with Gasteiger partial charge in [-0.1, -0.05) is 0 Å². The van der Waals surface area contributed by atoms with Crippen molar-refractivity contribution < 1.29 is 17.9 Å². The van der Waals surface area contributed by atoms with Gasteiger partial charge in [-0.2, -0.15) is 13.2 Å². The molecule has 0 aliphatic carbocycles. The summed E-state index contributed by atoms with van der Waals surface area (Å²) in [7, 11) is 0. The topological polar surface area (TPSA) is 50.3 Å². The number of aromatic amines is 1. The first-order valence-electron chi connectivity index (χ1n) is 8.89. The van der Waals surface area contributed by atoms with Crippen molar-refractivity contribution in [3.8, 4) is 0 Å². The maximum Gasteiger partial charge on any atom is 0.433 e. The summed E-state index contributed by atoms with van der Waals surface area (Å²) >= 11 is 0. The Kier molecular flexibility index (Phi) is 4.47. The van der Waals surface area contributed by atoms with Crippen LogP contribution in [0.2, 0.25) is 0 Å². The van der Waals surface area contributed by atoms with Crippen LogP contribution in [0, 0.1) is 0 Å². The summed E-state index contributed by atoms with van der Waals surface area (Å²) in [6.45, 7) is 5.19. The van der Waals surface area contributed by atoms with Crippen molar-refractivity contribution >= 4 is 21.8 Å². The van der Waals surface area contributed by atoms with Crippen LogP contribution in [0.1, 0.15) is 18.7 Å². The van der Waals surface area contributed by atoms with Crippen LogP contribution in [0.25, 0.3) is 21.8 Å². The van der Waals surface area contributed by atoms with Crippen molar-refractivity contribution in [3.05, 3.63) is 46.4 Å². The first-order chi connectivity index (χ1) is 12.9. The predicted molar refractivity (Wildman–Crippen MR) is 97.0 cm³/mol. The van der Waals surface area contributed by atoms with Gasteiger partial charge in [-0.05, 0) is 25.1 Å². The average molecular weight is 379 g/mol. The number of ether oxygens (including phenoxy) is 1. The Morgan fingerprint density at radius 1 is 1.19 bits per heavy atom. The molecule has 1 fully saturated rings. The van der Waals surface area contributed by atoms with Gasteiger partial charge in [0.1, 0.15) is 5.69 Å². The third kappa shape index (κ3) is 3.23. The zero-order chi connectivity index (χ0) is 19.2. The molecular weight excluding hydrogens is 359 g/mol. The second-order valence-electron chi connectivity index (χ2n) is 6.92. The van der Waals surface area contributed by atoms with Crippen LogP contribution < -0.4 is 5.43 Å². The number of aromatic nitrogens is 2. The van der Waals surface area contributed by atoms with Gasteiger partial charge in [0.2, 0.25) is 0 Å². The molecule has 0 saturated carbocycles. The Hall–Kier alpha value is -2.32. The normalized spacial score (nSPS) is 17.6.